The van der Waals surface area contributed by atoms with Crippen molar-refractivity contribution in [1.29, 1.82) is 0 Å². The van der Waals surface area contributed by atoms with Crippen molar-refractivity contribution < 1.29 is 24.0 Å². The molecular weight excluding hydrogens is 448 g/mol. The summed E-state index contributed by atoms with van der Waals surface area (Å²) in [6, 6.07) is 16.3. The Morgan fingerprint density at radius 1 is 0.970 bits per heavy atom. The maximum Gasteiger partial charge on any atom is 0.288 e. The molecule has 164 valence electrons. The number of nitrogens with zero attached hydrogens (tertiary/aromatic N) is 2. The number of hydrogen-bond donors (Lipinski definition) is 0. The minimum atomic E-state index is -0.587. The van der Waals surface area contributed by atoms with Crippen LogP contribution in [0.5, 0.6) is 11.5 Å². The lowest BCUT2D eigenvalue weighted by molar-refractivity contribution is -0.384. The molecule has 0 N–H and O–H groups in total. The number of nitro benzene ring substituents is 1. The van der Waals surface area contributed by atoms with Gasteiger partial charge in [-0.2, -0.15) is 0 Å². The van der Waals surface area contributed by atoms with Crippen molar-refractivity contribution >= 4 is 40.8 Å². The molecule has 0 aromatic heterocycles. The molecule has 0 saturated carbocycles. The van der Waals surface area contributed by atoms with Gasteiger partial charge in [0.1, 0.15) is 5.02 Å². The average Bonchev–Trinajstić information content (AvgIpc) is 3.28. The predicted octanol–water partition coefficient (Wildman–Crippen LogP) is 4.70. The molecular formula is C24H15ClN2O6. The molecule has 0 radical (unpaired) electrons. The highest BCUT2D eigenvalue weighted by Gasteiger charge is 2.35. The van der Waals surface area contributed by atoms with Crippen molar-refractivity contribution in [3.05, 3.63) is 98.1 Å². The van der Waals surface area contributed by atoms with Crippen LogP contribution in [0.1, 0.15) is 27.0 Å². The Bertz CT molecular complexity index is 1370. The highest BCUT2D eigenvalue weighted by Crippen LogP contribution is 2.35. The number of hydrogen-bond acceptors (Lipinski definition) is 6. The minimum Gasteiger partial charge on any atom is -0.454 e. The maximum absolute atomic E-state index is 13.4. The van der Waals surface area contributed by atoms with E-state index in [1.165, 1.54) is 18.2 Å². The lowest BCUT2D eigenvalue weighted by atomic mass is 9.91. The number of carbonyl (C=O) groups is 2. The lowest BCUT2D eigenvalue weighted by Gasteiger charge is -2.28. The van der Waals surface area contributed by atoms with Gasteiger partial charge in [-0.25, -0.2) is 0 Å². The molecule has 2 heterocycles. The largest absolute Gasteiger partial charge is 0.454 e. The van der Waals surface area contributed by atoms with E-state index >= 15 is 0 Å². The number of rotatable bonds is 4. The van der Waals surface area contributed by atoms with Gasteiger partial charge in [0.25, 0.3) is 17.5 Å². The summed E-state index contributed by atoms with van der Waals surface area (Å²) in [7, 11) is 0. The zero-order valence-corrected chi connectivity index (χ0v) is 17.7. The lowest BCUT2D eigenvalue weighted by Crippen LogP contribution is -2.41. The average molecular weight is 463 g/mol. The van der Waals surface area contributed by atoms with Crippen LogP contribution in [0.3, 0.4) is 0 Å². The second-order valence-corrected chi connectivity index (χ2v) is 7.86. The Kier molecular flexibility index (Phi) is 5.07. The Morgan fingerprint density at radius 3 is 2.52 bits per heavy atom. The van der Waals surface area contributed by atoms with Gasteiger partial charge < -0.3 is 9.47 Å². The van der Waals surface area contributed by atoms with Crippen molar-refractivity contribution in [3.63, 3.8) is 0 Å². The van der Waals surface area contributed by atoms with E-state index in [-0.39, 0.29) is 29.6 Å². The Balaban J connectivity index is 1.57. The Morgan fingerprint density at radius 2 is 1.73 bits per heavy atom. The fourth-order valence-corrected chi connectivity index (χ4v) is 4.02. The number of fused-ring (bicyclic) bond motifs is 2. The summed E-state index contributed by atoms with van der Waals surface area (Å²) in [5.41, 5.74) is 1.93. The quantitative estimate of drug-likeness (QED) is 0.241. The number of imide groups is 1. The van der Waals surface area contributed by atoms with Crippen LogP contribution in [0.4, 0.5) is 5.69 Å². The van der Waals surface area contributed by atoms with Crippen LogP contribution >= 0.6 is 11.6 Å². The maximum atomic E-state index is 13.4. The molecule has 0 aliphatic carbocycles. The SMILES string of the molecule is O=C1/C(=C/c2ccc(Cl)c([N+](=O)[O-])c2)c2ccccc2C(=O)N1Cc1ccc2c(c1)OCO2. The number of halogens is 1. The molecule has 0 saturated heterocycles. The highest BCUT2D eigenvalue weighted by atomic mass is 35.5. The first-order valence-electron chi connectivity index (χ1n) is 9.92. The van der Waals surface area contributed by atoms with Gasteiger partial charge >= 0.3 is 0 Å². The topological polar surface area (TPSA) is 99.0 Å². The Hall–Kier alpha value is -4.17. The molecule has 0 spiro atoms. The number of carbonyl (C=O) groups excluding carboxylic acids is 2. The van der Waals surface area contributed by atoms with E-state index in [9.17, 15) is 19.7 Å². The summed E-state index contributed by atoms with van der Waals surface area (Å²) in [6.07, 6.45) is 1.53. The van der Waals surface area contributed by atoms with E-state index in [0.717, 1.165) is 4.90 Å². The van der Waals surface area contributed by atoms with Crippen LogP contribution in [0.25, 0.3) is 11.6 Å². The van der Waals surface area contributed by atoms with Gasteiger partial charge in [-0.05, 0) is 47.0 Å². The molecule has 9 heteroatoms. The second kappa shape index (κ2) is 8.07. The summed E-state index contributed by atoms with van der Waals surface area (Å²) >= 11 is 5.92. The third kappa shape index (κ3) is 3.70. The zero-order valence-electron chi connectivity index (χ0n) is 17.0. The van der Waals surface area contributed by atoms with Crippen LogP contribution in [0, 0.1) is 10.1 Å². The monoisotopic (exact) mass is 462 g/mol. The van der Waals surface area contributed by atoms with E-state index in [2.05, 4.69) is 0 Å². The number of nitro groups is 1. The number of benzene rings is 3. The van der Waals surface area contributed by atoms with Crippen LogP contribution in [-0.2, 0) is 11.3 Å². The molecule has 3 aromatic rings. The van der Waals surface area contributed by atoms with Crippen molar-refractivity contribution in [2.24, 2.45) is 0 Å². The molecule has 0 fully saturated rings. The molecule has 2 aliphatic heterocycles. The first-order valence-corrected chi connectivity index (χ1v) is 10.3. The zero-order chi connectivity index (χ0) is 23.1. The van der Waals surface area contributed by atoms with Crippen LogP contribution in [0.15, 0.2) is 60.7 Å². The van der Waals surface area contributed by atoms with Crippen LogP contribution in [0.2, 0.25) is 5.02 Å². The molecule has 33 heavy (non-hydrogen) atoms. The van der Waals surface area contributed by atoms with Gasteiger partial charge in [-0.1, -0.05) is 41.9 Å². The van der Waals surface area contributed by atoms with Crippen molar-refractivity contribution in [2.75, 3.05) is 6.79 Å². The minimum absolute atomic E-state index is 0.00265. The van der Waals surface area contributed by atoms with Gasteiger partial charge in [0.2, 0.25) is 6.79 Å². The number of ether oxygens (including phenoxy) is 2. The van der Waals surface area contributed by atoms with Gasteiger partial charge in [-0.15, -0.1) is 0 Å². The molecule has 0 unspecified atom stereocenters. The van der Waals surface area contributed by atoms with Gasteiger partial charge in [0.05, 0.1) is 11.5 Å². The van der Waals surface area contributed by atoms with Gasteiger partial charge in [-0.3, -0.25) is 24.6 Å². The van der Waals surface area contributed by atoms with Gasteiger partial charge in [0.15, 0.2) is 11.5 Å². The molecule has 8 nitrogen and oxygen atoms in total. The fraction of sp³-hybridized carbons (Fsp3) is 0.0833. The molecule has 0 atom stereocenters. The molecule has 2 amide bonds. The van der Waals surface area contributed by atoms with Crippen molar-refractivity contribution in [2.45, 2.75) is 6.54 Å². The summed E-state index contributed by atoms with van der Waals surface area (Å²) in [5.74, 6) is 0.223. The third-order valence-electron chi connectivity index (χ3n) is 5.42. The Labute approximate surface area is 192 Å². The van der Waals surface area contributed by atoms with E-state index in [1.807, 2.05) is 0 Å². The smallest absolute Gasteiger partial charge is 0.288 e. The second-order valence-electron chi connectivity index (χ2n) is 7.46. The van der Waals surface area contributed by atoms with Crippen LogP contribution < -0.4 is 9.47 Å². The van der Waals surface area contributed by atoms with E-state index in [0.29, 0.717) is 33.8 Å². The number of amides is 2. The fourth-order valence-electron chi connectivity index (χ4n) is 3.83. The van der Waals surface area contributed by atoms with E-state index in [4.69, 9.17) is 21.1 Å². The summed E-state index contributed by atoms with van der Waals surface area (Å²) < 4.78 is 10.7. The normalized spacial score (nSPS) is 15.7. The molecule has 2 aliphatic rings. The van der Waals surface area contributed by atoms with Crippen molar-refractivity contribution in [3.8, 4) is 11.5 Å². The summed E-state index contributed by atoms with van der Waals surface area (Å²) in [4.78, 5) is 38.4. The molecule has 3 aromatic carbocycles. The third-order valence-corrected chi connectivity index (χ3v) is 5.74. The van der Waals surface area contributed by atoms with Crippen molar-refractivity contribution in [1.82, 2.24) is 4.90 Å². The van der Waals surface area contributed by atoms with E-state index < -0.39 is 16.7 Å². The van der Waals surface area contributed by atoms with E-state index in [1.54, 1.807) is 48.5 Å². The highest BCUT2D eigenvalue weighted by molar-refractivity contribution is 6.34. The van der Waals surface area contributed by atoms with Crippen LogP contribution in [-0.4, -0.2) is 28.4 Å². The van der Waals surface area contributed by atoms with Gasteiger partial charge in [0, 0.05) is 17.2 Å². The summed E-state index contributed by atoms with van der Waals surface area (Å²) in [5, 5.41) is 11.3. The predicted molar refractivity (Wildman–Crippen MR) is 120 cm³/mol. The molecule has 5 rings (SSSR count). The summed E-state index contributed by atoms with van der Waals surface area (Å²) in [6.45, 7) is 0.147. The first-order chi connectivity index (χ1) is 15.9. The standard InChI is InChI=1S/C24H15ClN2O6/c25-19-7-5-14(10-20(19)27(30)31)9-18-16-3-1-2-4-17(16)23(28)26(24(18)29)12-15-6-8-21-22(11-15)33-13-32-21/h1-11H,12-13H2/b18-9+. The molecule has 0 bridgehead atoms. The first kappa shape index (κ1) is 20.7.